The van der Waals surface area contributed by atoms with Crippen molar-refractivity contribution in [3.63, 3.8) is 0 Å². The van der Waals surface area contributed by atoms with Crippen LogP contribution in [0.1, 0.15) is 53.1 Å². The molecule has 0 aliphatic heterocycles. The maximum Gasteiger partial charge on any atom is 0.417 e. The van der Waals surface area contributed by atoms with Crippen molar-refractivity contribution in [1.29, 1.82) is 0 Å². The van der Waals surface area contributed by atoms with Crippen molar-refractivity contribution in [1.82, 2.24) is 19.3 Å². The maximum absolute atomic E-state index is 15.4. The van der Waals surface area contributed by atoms with Gasteiger partial charge in [0.2, 0.25) is 11.7 Å². The van der Waals surface area contributed by atoms with Crippen molar-refractivity contribution in [3.05, 3.63) is 99.9 Å². The Morgan fingerprint density at radius 1 is 1.06 bits per heavy atom. The number of halogens is 7. The Morgan fingerprint density at radius 3 is 2.47 bits per heavy atom. The normalized spacial score (nSPS) is 16.8. The summed E-state index contributed by atoms with van der Waals surface area (Å²) in [4.78, 5) is 30.3. The monoisotopic (exact) mass is 731 g/mol. The van der Waals surface area contributed by atoms with Gasteiger partial charge in [0.15, 0.2) is 17.5 Å². The minimum atomic E-state index is -4.84. The molecule has 1 fully saturated rings. The number of methoxy groups -OCH3 is 1. The molecule has 2 N–H and O–H groups in total. The Kier molecular flexibility index (Phi) is 10.0. The fourth-order valence-corrected chi connectivity index (χ4v) is 6.85. The molecule has 8 nitrogen and oxygen atoms in total. The van der Waals surface area contributed by atoms with E-state index in [2.05, 4.69) is 10.3 Å². The van der Waals surface area contributed by atoms with Crippen LogP contribution in [0, 0.1) is 24.4 Å². The third-order valence-electron chi connectivity index (χ3n) is 9.29. The summed E-state index contributed by atoms with van der Waals surface area (Å²) < 4.78 is 97.0. The minimum absolute atomic E-state index is 0.0169. The molecule has 0 saturated heterocycles. The fraction of sp³-hybridized carbons (Fsp3) is 0.306. The second-order valence-corrected chi connectivity index (χ2v) is 12.7. The summed E-state index contributed by atoms with van der Waals surface area (Å²) in [6.45, 7) is 1.93. The number of aromatic nitrogens is 3. The number of nitrogens with zero attached hydrogens (tertiary/aromatic N) is 3. The van der Waals surface area contributed by atoms with Crippen molar-refractivity contribution in [2.24, 2.45) is 7.05 Å². The van der Waals surface area contributed by atoms with Crippen LogP contribution < -0.4 is 10.6 Å². The lowest BCUT2D eigenvalue weighted by atomic mass is 9.93. The van der Waals surface area contributed by atoms with Gasteiger partial charge in [-0.1, -0.05) is 23.7 Å². The Balaban J connectivity index is 1.27. The van der Waals surface area contributed by atoms with Gasteiger partial charge in [0, 0.05) is 50.1 Å². The topological polar surface area (TPSA) is 89.7 Å². The standard InChI is InChI=1S/C36H32ClF6N5O3/c1-18-45-34-27(47(18)2)17-23(36(41,42)43)29(30(34)37)21-6-5-15-48-25(21)12-13-26(48)35(50)22-16-24(38)33(32(40)31(22)39)46-28(49)7-4-14-44-19-8-10-20(51-3)11-9-19/h4-7,12-13,15-17,19-20,44H,8-11,14H2,1-3H3,(H,46,49)/b7-4+. The number of rotatable bonds is 9. The molecular formula is C36H32ClF6N5O3. The van der Waals surface area contributed by atoms with Gasteiger partial charge in [-0.2, -0.15) is 13.2 Å². The first kappa shape index (κ1) is 36.1. The predicted molar refractivity (Wildman–Crippen MR) is 180 cm³/mol. The lowest BCUT2D eigenvalue weighted by Crippen LogP contribution is -2.35. The highest BCUT2D eigenvalue weighted by molar-refractivity contribution is 6.38. The van der Waals surface area contributed by atoms with E-state index in [0.29, 0.717) is 18.4 Å². The quantitative estimate of drug-likeness (QED) is 0.0692. The molecule has 5 aromatic rings. The number of nitrogens with one attached hydrogen (secondary N) is 2. The summed E-state index contributed by atoms with van der Waals surface area (Å²) in [6, 6.07) is 6.87. The van der Waals surface area contributed by atoms with Crippen molar-refractivity contribution >= 4 is 45.5 Å². The number of hydrogen-bond acceptors (Lipinski definition) is 5. The number of ketones is 1. The molecule has 268 valence electrons. The highest BCUT2D eigenvalue weighted by Crippen LogP contribution is 2.46. The third kappa shape index (κ3) is 6.87. The largest absolute Gasteiger partial charge is 0.417 e. The average molecular weight is 732 g/mol. The molecule has 0 atom stereocenters. The molecule has 0 unspecified atom stereocenters. The van der Waals surface area contributed by atoms with Crippen LogP contribution >= 0.6 is 11.6 Å². The number of aryl methyl sites for hydroxylation is 2. The number of pyridine rings is 1. The number of benzene rings is 2. The smallest absolute Gasteiger partial charge is 0.381 e. The van der Waals surface area contributed by atoms with Gasteiger partial charge in [0.05, 0.1) is 39.0 Å². The van der Waals surface area contributed by atoms with Gasteiger partial charge in [-0.3, -0.25) is 9.59 Å². The fourth-order valence-electron chi connectivity index (χ4n) is 6.50. The van der Waals surface area contributed by atoms with Crippen LogP contribution in [0.25, 0.3) is 27.7 Å². The van der Waals surface area contributed by atoms with Crippen LogP contribution in [0.15, 0.2) is 54.7 Å². The van der Waals surface area contributed by atoms with Crippen molar-refractivity contribution in [2.75, 3.05) is 19.0 Å². The highest BCUT2D eigenvalue weighted by Gasteiger charge is 2.37. The number of carbonyl (C=O) groups is 2. The van der Waals surface area contributed by atoms with Gasteiger partial charge in [0.25, 0.3) is 0 Å². The van der Waals surface area contributed by atoms with E-state index in [-0.39, 0.29) is 50.5 Å². The molecule has 1 saturated carbocycles. The van der Waals surface area contributed by atoms with Gasteiger partial charge in [-0.25, -0.2) is 18.2 Å². The molecule has 6 rings (SSSR count). The Labute approximate surface area is 293 Å². The minimum Gasteiger partial charge on any atom is -0.381 e. The van der Waals surface area contributed by atoms with Crippen molar-refractivity contribution < 1.29 is 40.7 Å². The Hall–Kier alpha value is -4.66. The molecular weight excluding hydrogens is 700 g/mol. The molecule has 15 heteroatoms. The number of carbonyl (C=O) groups excluding carboxylic acids is 2. The maximum atomic E-state index is 15.4. The highest BCUT2D eigenvalue weighted by atomic mass is 35.5. The van der Waals surface area contributed by atoms with Gasteiger partial charge in [0.1, 0.15) is 17.0 Å². The summed E-state index contributed by atoms with van der Waals surface area (Å²) in [6.07, 6.45) is 2.85. The van der Waals surface area contributed by atoms with Gasteiger partial charge in [-0.05, 0) is 62.9 Å². The summed E-state index contributed by atoms with van der Waals surface area (Å²) in [7, 11) is 3.23. The average Bonchev–Trinajstić information content (AvgIpc) is 3.67. The van der Waals surface area contributed by atoms with E-state index < -0.39 is 52.1 Å². The van der Waals surface area contributed by atoms with E-state index in [1.807, 2.05) is 5.32 Å². The first-order valence-corrected chi connectivity index (χ1v) is 16.4. The molecule has 1 amide bonds. The molecule has 1 aliphatic rings. The molecule has 3 heterocycles. The zero-order chi connectivity index (χ0) is 36.8. The zero-order valence-electron chi connectivity index (χ0n) is 27.6. The summed E-state index contributed by atoms with van der Waals surface area (Å²) >= 11 is 6.60. The SMILES string of the molecule is COC1CCC(NC/C=C/C(=O)Nc2c(F)cc(C(=O)c3ccc4c(-c5c(C(F)(F)F)cc6c(nc(C)n6C)c5Cl)cccn34)c(F)c2F)CC1. The van der Waals surface area contributed by atoms with Crippen LogP contribution in [-0.2, 0) is 22.8 Å². The molecule has 2 aromatic carbocycles. The molecule has 0 spiro atoms. The van der Waals surface area contributed by atoms with Crippen LogP contribution in [0.2, 0.25) is 5.02 Å². The van der Waals surface area contributed by atoms with Gasteiger partial charge >= 0.3 is 6.18 Å². The molecule has 0 bridgehead atoms. The molecule has 51 heavy (non-hydrogen) atoms. The summed E-state index contributed by atoms with van der Waals surface area (Å²) in [5.74, 6) is -6.58. The first-order valence-electron chi connectivity index (χ1n) is 16.0. The zero-order valence-corrected chi connectivity index (χ0v) is 28.4. The van der Waals surface area contributed by atoms with E-state index in [9.17, 15) is 22.8 Å². The predicted octanol–water partition coefficient (Wildman–Crippen LogP) is 8.16. The number of hydrogen-bond donors (Lipinski definition) is 2. The number of ether oxygens (including phenoxy) is 1. The number of fused-ring (bicyclic) bond motifs is 2. The number of alkyl halides is 3. The molecule has 3 aromatic heterocycles. The Morgan fingerprint density at radius 2 is 1.78 bits per heavy atom. The van der Waals surface area contributed by atoms with Crippen molar-refractivity contribution in [3.8, 4) is 11.1 Å². The Bertz CT molecular complexity index is 2200. The summed E-state index contributed by atoms with van der Waals surface area (Å²) in [5, 5.41) is 4.98. The van der Waals surface area contributed by atoms with Crippen LogP contribution in [-0.4, -0.2) is 51.4 Å². The van der Waals surface area contributed by atoms with Gasteiger partial charge < -0.3 is 24.3 Å². The first-order chi connectivity index (χ1) is 24.2. The number of anilines is 1. The third-order valence-corrected chi connectivity index (χ3v) is 9.66. The van der Waals surface area contributed by atoms with Crippen LogP contribution in [0.4, 0.5) is 32.0 Å². The van der Waals surface area contributed by atoms with E-state index in [1.165, 1.54) is 45.5 Å². The van der Waals surface area contributed by atoms with Crippen molar-refractivity contribution in [2.45, 2.75) is 50.9 Å². The van der Waals surface area contributed by atoms with Gasteiger partial charge in [-0.15, -0.1) is 0 Å². The van der Waals surface area contributed by atoms with E-state index in [4.69, 9.17) is 16.3 Å². The molecule has 1 aliphatic carbocycles. The van der Waals surface area contributed by atoms with E-state index in [0.717, 1.165) is 37.8 Å². The molecule has 0 radical (unpaired) electrons. The van der Waals surface area contributed by atoms with E-state index in [1.54, 1.807) is 21.1 Å². The van der Waals surface area contributed by atoms with Crippen LogP contribution in [0.3, 0.4) is 0 Å². The van der Waals surface area contributed by atoms with E-state index >= 15 is 13.2 Å². The second kappa shape index (κ2) is 14.2. The second-order valence-electron chi connectivity index (χ2n) is 12.3. The van der Waals surface area contributed by atoms with Crippen LogP contribution in [0.5, 0.6) is 0 Å². The lowest BCUT2D eigenvalue weighted by Gasteiger charge is -2.27. The number of amides is 1. The lowest BCUT2D eigenvalue weighted by molar-refractivity contribution is -0.137. The number of imidazole rings is 1. The summed E-state index contributed by atoms with van der Waals surface area (Å²) in [5.41, 5.74) is -3.45.